The number of carbonyl (C=O) groups excluding carboxylic acids is 1. The highest BCUT2D eigenvalue weighted by atomic mass is 35.5. The van der Waals surface area contributed by atoms with Gasteiger partial charge >= 0.3 is 0 Å². The molecule has 0 unspecified atom stereocenters. The number of amides is 1. The van der Waals surface area contributed by atoms with Gasteiger partial charge in [-0.15, -0.1) is 0 Å². The third-order valence-electron chi connectivity index (χ3n) is 6.26. The molecule has 7 heteroatoms. The summed E-state index contributed by atoms with van der Waals surface area (Å²) in [5, 5.41) is 8.81. The molecule has 1 saturated carbocycles. The molecule has 1 aliphatic heterocycles. The average molecular weight is 396 g/mol. The molecule has 6 nitrogen and oxygen atoms in total. The molecular formula is C21H22ClN5O. The zero-order valence-electron chi connectivity index (χ0n) is 15.5. The average Bonchev–Trinajstić information content (AvgIpc) is 3.47. The summed E-state index contributed by atoms with van der Waals surface area (Å²) >= 11 is 6.13. The molecule has 144 valence electrons. The fraction of sp³-hybridized carbons (Fsp3) is 0.381. The molecule has 1 aromatic carbocycles. The summed E-state index contributed by atoms with van der Waals surface area (Å²) in [6.45, 7) is 1.26. The standard InChI is InChI=1S/C21H22ClN5O/c22-15-5-3-14(4-6-15)21(8-1-2-9-21)19-16-12-27(10-7-17(16)25-26-19)20(28)18-11-23-13-24-18/h3-6,11,13H,1-2,7-10,12H2,(H,23,24)(H,25,26). The van der Waals surface area contributed by atoms with Gasteiger partial charge in [0, 0.05) is 41.2 Å². The van der Waals surface area contributed by atoms with Gasteiger partial charge in [-0.25, -0.2) is 4.98 Å². The van der Waals surface area contributed by atoms with E-state index >= 15 is 0 Å². The number of aromatic nitrogens is 4. The Kier molecular flexibility index (Phi) is 4.23. The highest BCUT2D eigenvalue weighted by molar-refractivity contribution is 6.30. The van der Waals surface area contributed by atoms with Crippen LogP contribution in [0.25, 0.3) is 0 Å². The molecule has 0 radical (unpaired) electrons. The number of aromatic amines is 2. The Morgan fingerprint density at radius 2 is 1.96 bits per heavy atom. The summed E-state index contributed by atoms with van der Waals surface area (Å²) in [6, 6.07) is 8.18. The molecule has 2 N–H and O–H groups in total. The van der Waals surface area contributed by atoms with Crippen LogP contribution in [0.3, 0.4) is 0 Å². The SMILES string of the molecule is O=C(c1cnc[nH]1)N1CCc2[nH]nc(C3(c4ccc(Cl)cc4)CCCC3)c2C1. The van der Waals surface area contributed by atoms with Crippen molar-refractivity contribution in [3.8, 4) is 0 Å². The Morgan fingerprint density at radius 3 is 2.68 bits per heavy atom. The Balaban J connectivity index is 1.53. The summed E-state index contributed by atoms with van der Waals surface area (Å²) < 4.78 is 0. The number of halogens is 1. The lowest BCUT2D eigenvalue weighted by atomic mass is 9.74. The molecule has 1 aliphatic carbocycles. The van der Waals surface area contributed by atoms with Crippen molar-refractivity contribution in [3.63, 3.8) is 0 Å². The van der Waals surface area contributed by atoms with Crippen LogP contribution in [-0.2, 0) is 18.4 Å². The first kappa shape index (κ1) is 17.5. The largest absolute Gasteiger partial charge is 0.341 e. The number of carbonyl (C=O) groups is 1. The molecule has 28 heavy (non-hydrogen) atoms. The summed E-state index contributed by atoms with van der Waals surface area (Å²) in [5.41, 5.74) is 5.13. The first-order valence-corrected chi connectivity index (χ1v) is 10.2. The quantitative estimate of drug-likeness (QED) is 0.707. The van der Waals surface area contributed by atoms with E-state index in [1.165, 1.54) is 24.0 Å². The Labute approximate surface area is 168 Å². The summed E-state index contributed by atoms with van der Waals surface area (Å²) in [5.74, 6) is -0.0118. The second kappa shape index (κ2) is 6.78. The number of nitrogens with one attached hydrogen (secondary N) is 2. The first-order valence-electron chi connectivity index (χ1n) is 9.78. The summed E-state index contributed by atoms with van der Waals surface area (Å²) in [6.07, 6.45) is 8.42. The molecule has 2 aromatic heterocycles. The highest BCUT2D eigenvalue weighted by Crippen LogP contribution is 2.48. The third kappa shape index (κ3) is 2.75. The molecule has 3 aromatic rings. The van der Waals surface area contributed by atoms with Crippen LogP contribution in [0.4, 0.5) is 0 Å². The van der Waals surface area contributed by atoms with Gasteiger partial charge in [0.2, 0.25) is 0 Å². The van der Waals surface area contributed by atoms with Crippen LogP contribution in [-0.4, -0.2) is 37.5 Å². The van der Waals surface area contributed by atoms with E-state index in [1.807, 2.05) is 17.0 Å². The molecule has 2 aliphatic rings. The minimum Gasteiger partial charge on any atom is -0.341 e. The van der Waals surface area contributed by atoms with Crippen molar-refractivity contribution in [1.29, 1.82) is 0 Å². The Bertz CT molecular complexity index is 986. The minimum absolute atomic E-state index is 0.0118. The van der Waals surface area contributed by atoms with E-state index in [0.29, 0.717) is 18.8 Å². The summed E-state index contributed by atoms with van der Waals surface area (Å²) in [4.78, 5) is 21.6. The van der Waals surface area contributed by atoms with Gasteiger partial charge in [-0.1, -0.05) is 36.6 Å². The van der Waals surface area contributed by atoms with Crippen molar-refractivity contribution in [2.45, 2.75) is 44.1 Å². The predicted octanol–water partition coefficient (Wildman–Crippen LogP) is 3.84. The van der Waals surface area contributed by atoms with E-state index in [-0.39, 0.29) is 11.3 Å². The molecule has 1 amide bonds. The number of imidazole rings is 1. The molecule has 5 rings (SSSR count). The summed E-state index contributed by atoms with van der Waals surface area (Å²) in [7, 11) is 0. The van der Waals surface area contributed by atoms with Crippen molar-refractivity contribution in [1.82, 2.24) is 25.1 Å². The fourth-order valence-corrected chi connectivity index (χ4v) is 4.94. The normalized spacial score (nSPS) is 18.2. The van der Waals surface area contributed by atoms with Crippen molar-refractivity contribution < 1.29 is 4.79 Å². The van der Waals surface area contributed by atoms with Crippen molar-refractivity contribution in [3.05, 3.63) is 70.0 Å². The van der Waals surface area contributed by atoms with Crippen LogP contribution in [0.1, 0.15) is 58.7 Å². The fourth-order valence-electron chi connectivity index (χ4n) is 4.82. The molecule has 0 saturated heterocycles. The van der Waals surface area contributed by atoms with Gasteiger partial charge < -0.3 is 9.88 Å². The first-order chi connectivity index (χ1) is 13.7. The topological polar surface area (TPSA) is 77.7 Å². The van der Waals surface area contributed by atoms with Crippen LogP contribution in [0.2, 0.25) is 5.02 Å². The zero-order valence-corrected chi connectivity index (χ0v) is 16.3. The van der Waals surface area contributed by atoms with Crippen LogP contribution >= 0.6 is 11.6 Å². The number of fused-ring (bicyclic) bond motifs is 1. The van der Waals surface area contributed by atoms with Gasteiger partial charge in [0.1, 0.15) is 5.69 Å². The number of benzene rings is 1. The Morgan fingerprint density at radius 1 is 1.18 bits per heavy atom. The number of H-pyrrole nitrogens is 2. The van der Waals surface area contributed by atoms with Gasteiger partial charge in [-0.3, -0.25) is 9.89 Å². The van der Waals surface area contributed by atoms with E-state index in [9.17, 15) is 4.79 Å². The second-order valence-electron chi connectivity index (χ2n) is 7.77. The van der Waals surface area contributed by atoms with Crippen LogP contribution < -0.4 is 0 Å². The van der Waals surface area contributed by atoms with E-state index in [4.69, 9.17) is 16.7 Å². The number of nitrogens with zero attached hydrogens (tertiary/aromatic N) is 3. The van der Waals surface area contributed by atoms with Gasteiger partial charge in [0.05, 0.1) is 18.2 Å². The minimum atomic E-state index is -0.102. The van der Waals surface area contributed by atoms with Gasteiger partial charge in [-0.2, -0.15) is 5.10 Å². The highest BCUT2D eigenvalue weighted by Gasteiger charge is 2.42. The van der Waals surface area contributed by atoms with Crippen molar-refractivity contribution >= 4 is 17.5 Å². The molecule has 0 atom stereocenters. The molecule has 3 heterocycles. The number of hydrogen-bond acceptors (Lipinski definition) is 3. The van der Waals surface area contributed by atoms with E-state index < -0.39 is 0 Å². The van der Waals surface area contributed by atoms with Crippen molar-refractivity contribution in [2.24, 2.45) is 0 Å². The maximum absolute atomic E-state index is 12.8. The molecule has 1 fully saturated rings. The number of rotatable bonds is 3. The smallest absolute Gasteiger partial charge is 0.272 e. The van der Waals surface area contributed by atoms with E-state index in [0.717, 1.165) is 35.7 Å². The maximum atomic E-state index is 12.8. The second-order valence-corrected chi connectivity index (χ2v) is 8.20. The predicted molar refractivity (Wildman–Crippen MR) is 106 cm³/mol. The Hall–Kier alpha value is -2.60. The zero-order chi connectivity index (χ0) is 19.1. The lowest BCUT2D eigenvalue weighted by Crippen LogP contribution is -2.37. The van der Waals surface area contributed by atoms with Crippen LogP contribution in [0.5, 0.6) is 0 Å². The molecule has 0 spiro atoms. The monoisotopic (exact) mass is 395 g/mol. The van der Waals surface area contributed by atoms with Gasteiger partial charge in [-0.05, 0) is 30.5 Å². The van der Waals surface area contributed by atoms with Gasteiger partial charge in [0.25, 0.3) is 5.91 Å². The van der Waals surface area contributed by atoms with E-state index in [1.54, 1.807) is 12.5 Å². The lowest BCUT2D eigenvalue weighted by molar-refractivity contribution is 0.0728. The van der Waals surface area contributed by atoms with E-state index in [2.05, 4.69) is 27.2 Å². The van der Waals surface area contributed by atoms with Gasteiger partial charge in [0.15, 0.2) is 0 Å². The van der Waals surface area contributed by atoms with Crippen molar-refractivity contribution in [2.75, 3.05) is 6.54 Å². The van der Waals surface area contributed by atoms with Crippen LogP contribution in [0.15, 0.2) is 36.8 Å². The molecule has 0 bridgehead atoms. The maximum Gasteiger partial charge on any atom is 0.272 e. The number of hydrogen-bond donors (Lipinski definition) is 2. The lowest BCUT2D eigenvalue weighted by Gasteiger charge is -2.32. The third-order valence-corrected chi connectivity index (χ3v) is 6.51. The molecular weight excluding hydrogens is 374 g/mol. The van der Waals surface area contributed by atoms with Crippen LogP contribution in [0, 0.1) is 0 Å².